The highest BCUT2D eigenvalue weighted by Crippen LogP contribution is 2.36. The summed E-state index contributed by atoms with van der Waals surface area (Å²) in [6.07, 6.45) is 2.64. The van der Waals surface area contributed by atoms with Gasteiger partial charge in [0.1, 0.15) is 0 Å². The SMILES string of the molecule is Cc1ccccc1C1(O)CCN(C[C@@H](O)c2ccc3c(c2)CCCN3C(=O)C(C)C)CC1. The fraction of sp³-hybridized carbons (Fsp3) is 0.519. The molecule has 4 rings (SSSR count). The normalized spacial score (nSPS) is 19.6. The number of piperidine rings is 1. The van der Waals surface area contributed by atoms with Crippen molar-refractivity contribution in [2.45, 2.75) is 58.2 Å². The highest BCUT2D eigenvalue weighted by molar-refractivity contribution is 5.95. The number of rotatable bonds is 5. The Morgan fingerprint density at radius 2 is 1.81 bits per heavy atom. The largest absolute Gasteiger partial charge is 0.387 e. The molecule has 1 atom stereocenters. The van der Waals surface area contributed by atoms with Crippen LogP contribution in [0.15, 0.2) is 42.5 Å². The number of likely N-dealkylation sites (tertiary alicyclic amines) is 1. The number of β-amino-alcohol motifs (C(OH)–C–C–N with tert-alkyl or cyclic N) is 1. The Morgan fingerprint density at radius 1 is 1.09 bits per heavy atom. The molecular weight excluding hydrogens is 400 g/mol. The first-order valence-electron chi connectivity index (χ1n) is 11.9. The molecule has 5 heteroatoms. The van der Waals surface area contributed by atoms with E-state index in [0.29, 0.717) is 19.4 Å². The van der Waals surface area contributed by atoms with E-state index in [1.165, 1.54) is 0 Å². The van der Waals surface area contributed by atoms with Crippen LogP contribution in [0.4, 0.5) is 5.69 Å². The van der Waals surface area contributed by atoms with Crippen LogP contribution < -0.4 is 4.90 Å². The lowest BCUT2D eigenvalue weighted by atomic mass is 9.82. The topological polar surface area (TPSA) is 64.0 Å². The molecule has 2 N–H and O–H groups in total. The van der Waals surface area contributed by atoms with E-state index in [0.717, 1.165) is 60.4 Å². The maximum atomic E-state index is 12.6. The molecule has 1 saturated heterocycles. The van der Waals surface area contributed by atoms with E-state index in [-0.39, 0.29) is 11.8 Å². The maximum Gasteiger partial charge on any atom is 0.229 e. The van der Waals surface area contributed by atoms with Gasteiger partial charge in [0.15, 0.2) is 0 Å². The van der Waals surface area contributed by atoms with Crippen LogP contribution in [0.5, 0.6) is 0 Å². The second-order valence-electron chi connectivity index (χ2n) is 9.80. The summed E-state index contributed by atoms with van der Waals surface area (Å²) in [6.45, 7) is 8.75. The monoisotopic (exact) mass is 436 g/mol. The van der Waals surface area contributed by atoms with Crippen molar-refractivity contribution in [1.29, 1.82) is 0 Å². The second kappa shape index (κ2) is 9.34. The minimum absolute atomic E-state index is 0.0244. The van der Waals surface area contributed by atoms with Gasteiger partial charge in [0.25, 0.3) is 0 Å². The summed E-state index contributed by atoms with van der Waals surface area (Å²) >= 11 is 0. The Balaban J connectivity index is 1.40. The fourth-order valence-electron chi connectivity index (χ4n) is 5.18. The molecule has 0 aliphatic carbocycles. The quantitative estimate of drug-likeness (QED) is 0.745. The number of hydrogen-bond acceptors (Lipinski definition) is 4. The zero-order chi connectivity index (χ0) is 22.9. The van der Waals surface area contributed by atoms with Gasteiger partial charge in [-0.3, -0.25) is 4.79 Å². The molecule has 172 valence electrons. The molecule has 5 nitrogen and oxygen atoms in total. The van der Waals surface area contributed by atoms with Crippen LogP contribution >= 0.6 is 0 Å². The molecule has 32 heavy (non-hydrogen) atoms. The minimum atomic E-state index is -0.787. The van der Waals surface area contributed by atoms with Gasteiger partial charge in [0.2, 0.25) is 5.91 Å². The number of aliphatic hydroxyl groups excluding tert-OH is 1. The van der Waals surface area contributed by atoms with E-state index in [2.05, 4.69) is 24.0 Å². The van der Waals surface area contributed by atoms with Gasteiger partial charge in [0.05, 0.1) is 11.7 Å². The van der Waals surface area contributed by atoms with Crippen LogP contribution in [-0.4, -0.2) is 47.2 Å². The average Bonchev–Trinajstić information content (AvgIpc) is 2.79. The van der Waals surface area contributed by atoms with Gasteiger partial charge < -0.3 is 20.0 Å². The minimum Gasteiger partial charge on any atom is -0.387 e. The van der Waals surface area contributed by atoms with Gasteiger partial charge in [-0.2, -0.15) is 0 Å². The Morgan fingerprint density at radius 3 is 2.50 bits per heavy atom. The fourth-order valence-corrected chi connectivity index (χ4v) is 5.18. The highest BCUT2D eigenvalue weighted by atomic mass is 16.3. The number of anilines is 1. The van der Waals surface area contributed by atoms with Crippen LogP contribution in [0.2, 0.25) is 0 Å². The Kier molecular flexibility index (Phi) is 6.70. The summed E-state index contributed by atoms with van der Waals surface area (Å²) in [4.78, 5) is 16.7. The van der Waals surface area contributed by atoms with E-state index in [9.17, 15) is 15.0 Å². The second-order valence-corrected chi connectivity index (χ2v) is 9.80. The summed E-state index contributed by atoms with van der Waals surface area (Å²) in [7, 11) is 0. The number of hydrogen-bond donors (Lipinski definition) is 2. The van der Waals surface area contributed by atoms with Crippen LogP contribution in [-0.2, 0) is 16.8 Å². The summed E-state index contributed by atoms with van der Waals surface area (Å²) in [6, 6.07) is 14.1. The molecule has 0 saturated carbocycles. The van der Waals surface area contributed by atoms with Gasteiger partial charge in [0, 0.05) is 37.8 Å². The van der Waals surface area contributed by atoms with Crippen molar-refractivity contribution in [2.75, 3.05) is 31.1 Å². The molecule has 1 amide bonds. The molecule has 0 spiro atoms. The lowest BCUT2D eigenvalue weighted by Crippen LogP contribution is -2.44. The summed E-state index contributed by atoms with van der Waals surface area (Å²) in [5.41, 5.74) is 4.41. The van der Waals surface area contributed by atoms with Crippen molar-refractivity contribution in [2.24, 2.45) is 5.92 Å². The number of carbonyl (C=O) groups is 1. The Bertz CT molecular complexity index is 963. The number of fused-ring (bicyclic) bond motifs is 1. The van der Waals surface area contributed by atoms with Gasteiger partial charge in [-0.05, 0) is 60.9 Å². The van der Waals surface area contributed by atoms with E-state index in [1.54, 1.807) is 0 Å². The van der Waals surface area contributed by atoms with E-state index < -0.39 is 11.7 Å². The molecule has 2 aromatic carbocycles. The van der Waals surface area contributed by atoms with Crippen molar-refractivity contribution >= 4 is 11.6 Å². The zero-order valence-electron chi connectivity index (χ0n) is 19.6. The predicted octanol–water partition coefficient (Wildman–Crippen LogP) is 3.95. The molecule has 1 fully saturated rings. The number of benzene rings is 2. The van der Waals surface area contributed by atoms with Gasteiger partial charge >= 0.3 is 0 Å². The van der Waals surface area contributed by atoms with Gasteiger partial charge in [-0.1, -0.05) is 50.2 Å². The first kappa shape index (κ1) is 23.0. The van der Waals surface area contributed by atoms with Gasteiger partial charge in [-0.15, -0.1) is 0 Å². The number of aryl methyl sites for hydroxylation is 2. The standard InChI is InChI=1S/C27H36N2O3/c1-19(2)26(31)29-14-6-8-21-17-22(10-11-24(21)29)25(30)18-28-15-12-27(32,13-16-28)23-9-5-4-7-20(23)3/h4-5,7,9-11,17,19,25,30,32H,6,8,12-16,18H2,1-3H3/t25-/m1/s1. The van der Waals surface area contributed by atoms with Crippen molar-refractivity contribution in [3.8, 4) is 0 Å². The third kappa shape index (κ3) is 4.61. The summed E-state index contributed by atoms with van der Waals surface area (Å²) in [5.74, 6) is 0.136. The molecule has 0 radical (unpaired) electrons. The molecule has 2 aromatic rings. The molecule has 0 unspecified atom stereocenters. The summed E-state index contributed by atoms with van der Waals surface area (Å²) in [5, 5.41) is 22.2. The van der Waals surface area contributed by atoms with Crippen LogP contribution in [0.1, 0.15) is 61.5 Å². The number of aliphatic hydroxyl groups is 2. The third-order valence-electron chi connectivity index (χ3n) is 7.13. The predicted molar refractivity (Wildman–Crippen MR) is 128 cm³/mol. The first-order valence-corrected chi connectivity index (χ1v) is 11.9. The van der Waals surface area contributed by atoms with Crippen LogP contribution in [0.3, 0.4) is 0 Å². The van der Waals surface area contributed by atoms with Crippen molar-refractivity contribution < 1.29 is 15.0 Å². The number of nitrogens with zero attached hydrogens (tertiary/aromatic N) is 2. The first-order chi connectivity index (χ1) is 15.3. The Labute approximate surface area is 191 Å². The van der Waals surface area contributed by atoms with Gasteiger partial charge in [-0.25, -0.2) is 0 Å². The number of carbonyl (C=O) groups excluding carboxylic acids is 1. The molecule has 0 bridgehead atoms. The van der Waals surface area contributed by atoms with E-state index >= 15 is 0 Å². The van der Waals surface area contributed by atoms with E-state index in [4.69, 9.17) is 0 Å². The molecule has 0 aromatic heterocycles. The third-order valence-corrected chi connectivity index (χ3v) is 7.13. The molecular formula is C27H36N2O3. The van der Waals surface area contributed by atoms with Crippen LogP contribution in [0, 0.1) is 12.8 Å². The molecule has 2 heterocycles. The van der Waals surface area contributed by atoms with E-state index in [1.807, 2.05) is 49.1 Å². The highest BCUT2D eigenvalue weighted by Gasteiger charge is 2.35. The lowest BCUT2D eigenvalue weighted by Gasteiger charge is -2.40. The van der Waals surface area contributed by atoms with Crippen molar-refractivity contribution in [3.05, 3.63) is 64.7 Å². The zero-order valence-corrected chi connectivity index (χ0v) is 19.6. The maximum absolute atomic E-state index is 12.6. The lowest BCUT2D eigenvalue weighted by molar-refractivity contribution is -0.121. The smallest absolute Gasteiger partial charge is 0.229 e. The molecule has 2 aliphatic rings. The van der Waals surface area contributed by atoms with Crippen molar-refractivity contribution in [1.82, 2.24) is 4.90 Å². The van der Waals surface area contributed by atoms with Crippen molar-refractivity contribution in [3.63, 3.8) is 0 Å². The molecule has 2 aliphatic heterocycles. The average molecular weight is 437 g/mol. The Hall–Kier alpha value is -2.21. The van der Waals surface area contributed by atoms with Crippen LogP contribution in [0.25, 0.3) is 0 Å². The number of amides is 1. The summed E-state index contributed by atoms with van der Waals surface area (Å²) < 4.78 is 0.